The van der Waals surface area contributed by atoms with E-state index in [1.54, 1.807) is 5.56 Å². The molecule has 0 saturated carbocycles. The SMILES string of the molecule is CC(C)C1CCNc2c1cc(Cc1ccccc1)cc2C(F)(F)F.CCc1cc(Cc2ccccc2)cc2c1NCCC2C(C)C.Cc1cc(Cc2ccccc2)cc2c1NCCC2C(C)C. The predicted molar refractivity (Wildman–Crippen MR) is 278 cm³/mol. The largest absolute Gasteiger partial charge is 0.418 e. The zero-order valence-corrected chi connectivity index (χ0v) is 41.3. The summed E-state index contributed by atoms with van der Waals surface area (Å²) in [4.78, 5) is 0. The number of fused-ring (bicyclic) bond motifs is 3. The number of benzene rings is 6. The molecule has 3 aliphatic heterocycles. The van der Waals surface area contributed by atoms with Crippen LogP contribution in [0.4, 0.5) is 30.2 Å². The lowest BCUT2D eigenvalue weighted by atomic mass is 9.80. The molecule has 3 atom stereocenters. The van der Waals surface area contributed by atoms with E-state index < -0.39 is 11.7 Å². The van der Waals surface area contributed by atoms with E-state index in [0.717, 1.165) is 55.5 Å². The van der Waals surface area contributed by atoms with E-state index in [-0.39, 0.29) is 11.6 Å². The monoisotopic (exact) mass is 906 g/mol. The van der Waals surface area contributed by atoms with Gasteiger partial charge in [0.2, 0.25) is 0 Å². The highest BCUT2D eigenvalue weighted by Gasteiger charge is 2.38. The van der Waals surface area contributed by atoms with Gasteiger partial charge >= 0.3 is 6.18 Å². The van der Waals surface area contributed by atoms with Crippen molar-refractivity contribution >= 4 is 17.1 Å². The molecule has 0 aromatic heterocycles. The minimum absolute atomic E-state index is 0.165. The summed E-state index contributed by atoms with van der Waals surface area (Å²) >= 11 is 0. The van der Waals surface area contributed by atoms with Gasteiger partial charge in [0.1, 0.15) is 0 Å². The first kappa shape index (κ1) is 49.4. The summed E-state index contributed by atoms with van der Waals surface area (Å²) in [5, 5.41) is 10.3. The van der Waals surface area contributed by atoms with Gasteiger partial charge in [-0.1, -0.05) is 170 Å². The Morgan fingerprint density at radius 2 is 0.821 bits per heavy atom. The molecule has 0 aliphatic carbocycles. The second-order valence-electron chi connectivity index (χ2n) is 20.2. The first-order valence-electron chi connectivity index (χ1n) is 25.1. The van der Waals surface area contributed by atoms with Gasteiger partial charge in [-0.3, -0.25) is 0 Å². The molecule has 9 rings (SSSR count). The van der Waals surface area contributed by atoms with Crippen LogP contribution in [0.3, 0.4) is 0 Å². The molecule has 6 aromatic rings. The van der Waals surface area contributed by atoms with Gasteiger partial charge in [0.15, 0.2) is 0 Å². The Labute approximate surface area is 400 Å². The number of nitrogens with one attached hydrogen (secondary N) is 3. The van der Waals surface area contributed by atoms with Gasteiger partial charge in [-0.2, -0.15) is 13.2 Å². The Bertz CT molecular complexity index is 2510. The molecule has 0 saturated heterocycles. The van der Waals surface area contributed by atoms with Gasteiger partial charge in [-0.25, -0.2) is 0 Å². The molecule has 354 valence electrons. The third-order valence-corrected chi connectivity index (χ3v) is 14.3. The number of anilines is 3. The van der Waals surface area contributed by atoms with Crippen molar-refractivity contribution in [3.63, 3.8) is 0 Å². The van der Waals surface area contributed by atoms with Crippen molar-refractivity contribution in [2.24, 2.45) is 17.8 Å². The molecule has 0 radical (unpaired) electrons. The van der Waals surface area contributed by atoms with Crippen LogP contribution in [0.15, 0.2) is 127 Å². The molecule has 3 heterocycles. The summed E-state index contributed by atoms with van der Waals surface area (Å²) in [5.41, 5.74) is 16.8. The highest BCUT2D eigenvalue weighted by Crippen LogP contribution is 2.45. The third-order valence-electron chi connectivity index (χ3n) is 14.3. The molecule has 3 aliphatic rings. The minimum Gasteiger partial charge on any atom is -0.385 e. The average molecular weight is 906 g/mol. The standard InChI is InChI=1S/C21H27N.C20H22F3N.C20H25N/c1-4-18-13-17(12-16-8-6-5-7-9-16)14-20-19(15(2)3)10-11-22-21(18)20;1-13(2)16-8-9-24-19-17(16)11-15(12-18(19)20(21,22)23)10-14-6-4-3-5-7-14;1-14(2)18-9-10-21-20-15(3)11-17(13-19(18)20)12-16-7-5-4-6-8-16/h5-9,13-15,19,22H,4,10-12H2,1-3H3;3-7,11-13,16,24H,8-10H2,1-2H3;4-8,11,13-14,18,21H,9-10,12H2,1-3H3. The third kappa shape index (κ3) is 12.5. The van der Waals surface area contributed by atoms with Gasteiger partial charge in [0.25, 0.3) is 0 Å². The predicted octanol–water partition coefficient (Wildman–Crippen LogP) is 16.4. The molecular weight excluding hydrogens is 832 g/mol. The van der Waals surface area contributed by atoms with Gasteiger partial charge < -0.3 is 16.0 Å². The number of hydrogen-bond acceptors (Lipinski definition) is 3. The lowest BCUT2D eigenvalue weighted by Gasteiger charge is -2.32. The Morgan fingerprint density at radius 3 is 1.22 bits per heavy atom. The maximum Gasteiger partial charge on any atom is 0.418 e. The van der Waals surface area contributed by atoms with E-state index in [1.807, 2.05) is 36.4 Å². The molecular formula is C61H74F3N3. The molecule has 6 aromatic carbocycles. The molecule has 0 bridgehead atoms. The average Bonchev–Trinajstić information content (AvgIpc) is 3.31. The second kappa shape index (κ2) is 22.5. The maximum absolute atomic E-state index is 13.6. The number of halogens is 3. The molecule has 6 heteroatoms. The van der Waals surface area contributed by atoms with Crippen LogP contribution in [0, 0.1) is 24.7 Å². The minimum atomic E-state index is -4.34. The van der Waals surface area contributed by atoms with E-state index in [9.17, 15) is 13.2 Å². The van der Waals surface area contributed by atoms with Crippen LogP contribution in [0.5, 0.6) is 0 Å². The molecule has 0 amide bonds. The number of hydrogen-bond donors (Lipinski definition) is 3. The fourth-order valence-electron chi connectivity index (χ4n) is 10.8. The van der Waals surface area contributed by atoms with Crippen molar-refractivity contribution in [1.29, 1.82) is 0 Å². The Hall–Kier alpha value is -5.49. The maximum atomic E-state index is 13.6. The van der Waals surface area contributed by atoms with Gasteiger partial charge in [0.05, 0.1) is 5.56 Å². The Morgan fingerprint density at radius 1 is 0.463 bits per heavy atom. The summed E-state index contributed by atoms with van der Waals surface area (Å²) < 4.78 is 40.7. The molecule has 0 spiro atoms. The van der Waals surface area contributed by atoms with Crippen molar-refractivity contribution in [3.8, 4) is 0 Å². The van der Waals surface area contributed by atoms with Gasteiger partial charge in [-0.15, -0.1) is 0 Å². The fourth-order valence-corrected chi connectivity index (χ4v) is 10.8. The van der Waals surface area contributed by atoms with E-state index in [4.69, 9.17) is 0 Å². The molecule has 3 nitrogen and oxygen atoms in total. The number of aryl methyl sites for hydroxylation is 2. The molecule has 3 N–H and O–H groups in total. The van der Waals surface area contributed by atoms with Crippen molar-refractivity contribution in [2.75, 3.05) is 35.6 Å². The summed E-state index contributed by atoms with van der Waals surface area (Å²) in [6.07, 6.45) is 2.71. The van der Waals surface area contributed by atoms with E-state index in [1.165, 1.54) is 69.2 Å². The summed E-state index contributed by atoms with van der Waals surface area (Å²) in [6.45, 7) is 20.9. The zero-order chi connectivity index (χ0) is 47.7. The quantitative estimate of drug-likeness (QED) is 0.128. The summed E-state index contributed by atoms with van der Waals surface area (Å²) in [5.74, 6) is 3.28. The highest BCUT2D eigenvalue weighted by atomic mass is 19.4. The second-order valence-corrected chi connectivity index (χ2v) is 20.2. The van der Waals surface area contributed by atoms with Gasteiger partial charge in [0, 0.05) is 36.7 Å². The first-order valence-corrected chi connectivity index (χ1v) is 25.1. The number of rotatable bonds is 10. The highest BCUT2D eigenvalue weighted by molar-refractivity contribution is 5.65. The Balaban J connectivity index is 0.000000149. The van der Waals surface area contributed by atoms with Crippen molar-refractivity contribution in [2.45, 2.75) is 124 Å². The van der Waals surface area contributed by atoms with Gasteiger partial charge in [-0.05, 0) is 155 Å². The summed E-state index contributed by atoms with van der Waals surface area (Å²) in [6, 6.07) is 44.1. The number of alkyl halides is 3. The van der Waals surface area contributed by atoms with Crippen molar-refractivity contribution in [3.05, 3.63) is 194 Å². The van der Waals surface area contributed by atoms with E-state index in [0.29, 0.717) is 42.6 Å². The van der Waals surface area contributed by atoms with Crippen LogP contribution in [0.2, 0.25) is 0 Å². The molecule has 3 unspecified atom stereocenters. The molecule has 0 fully saturated rings. The van der Waals surface area contributed by atoms with Crippen LogP contribution in [0.25, 0.3) is 0 Å². The smallest absolute Gasteiger partial charge is 0.385 e. The zero-order valence-electron chi connectivity index (χ0n) is 41.3. The van der Waals surface area contributed by atoms with Crippen LogP contribution < -0.4 is 16.0 Å². The van der Waals surface area contributed by atoms with E-state index in [2.05, 4.69) is 156 Å². The molecule has 67 heavy (non-hydrogen) atoms. The van der Waals surface area contributed by atoms with Crippen LogP contribution in [-0.4, -0.2) is 19.6 Å². The van der Waals surface area contributed by atoms with Crippen LogP contribution >= 0.6 is 0 Å². The Kier molecular flexibility index (Phi) is 16.6. The first-order chi connectivity index (χ1) is 32.2. The summed E-state index contributed by atoms with van der Waals surface area (Å²) in [7, 11) is 0. The lowest BCUT2D eigenvalue weighted by molar-refractivity contribution is -0.137. The topological polar surface area (TPSA) is 36.1 Å². The van der Waals surface area contributed by atoms with Crippen molar-refractivity contribution < 1.29 is 13.2 Å². The fraction of sp³-hybridized carbons (Fsp3) is 0.410. The van der Waals surface area contributed by atoms with Crippen molar-refractivity contribution in [1.82, 2.24) is 0 Å². The lowest BCUT2D eigenvalue weighted by Crippen LogP contribution is -2.24. The van der Waals surface area contributed by atoms with E-state index >= 15 is 0 Å². The normalized spacial score (nSPS) is 17.4. The van der Waals surface area contributed by atoms with Crippen LogP contribution in [0.1, 0.15) is 152 Å². The van der Waals surface area contributed by atoms with Crippen LogP contribution in [-0.2, 0) is 31.9 Å².